The first kappa shape index (κ1) is 9.61. The second kappa shape index (κ2) is 4.43. The Bertz CT molecular complexity index is 198. The third-order valence-corrected chi connectivity index (χ3v) is 0.958. The number of Topliss-reactive ketones (excluding diaryl/α,β-unsaturated/α-hetero) is 1. The van der Waals surface area contributed by atoms with Crippen LogP contribution in [0.2, 0.25) is 0 Å². The summed E-state index contributed by atoms with van der Waals surface area (Å²) in [7, 11) is 2.68. The van der Waals surface area contributed by atoms with E-state index in [0.29, 0.717) is 0 Å². The van der Waals surface area contributed by atoms with Crippen LogP contribution in [0.5, 0.6) is 0 Å². The predicted molar refractivity (Wildman–Crippen MR) is 39.2 cm³/mol. The topological polar surface area (TPSA) is 67.8 Å². The number of hydrogen-bond acceptors (Lipinski definition) is 4. The lowest BCUT2D eigenvalue weighted by atomic mass is 10.2. The summed E-state index contributed by atoms with van der Waals surface area (Å²) in [6.45, 7) is 1.24. The number of nitrogens with one attached hydrogen (secondary N) is 1. The number of ketones is 1. The third kappa shape index (κ3) is 2.79. The highest BCUT2D eigenvalue weighted by Crippen LogP contribution is 1.82. The summed E-state index contributed by atoms with van der Waals surface area (Å²) >= 11 is 0. The molecule has 1 amide bonds. The van der Waals surface area contributed by atoms with E-state index in [4.69, 9.17) is 0 Å². The predicted octanol–water partition coefficient (Wildman–Crippen LogP) is -0.676. The first-order valence-corrected chi connectivity index (χ1v) is 2.97. The van der Waals surface area contributed by atoms with Gasteiger partial charge in [-0.1, -0.05) is 5.16 Å². The average Bonchev–Trinajstić information content (AvgIpc) is 1.98. The van der Waals surface area contributed by atoms with Crippen LogP contribution in [0.25, 0.3) is 0 Å². The van der Waals surface area contributed by atoms with Crippen molar-refractivity contribution in [2.75, 3.05) is 14.2 Å². The largest absolute Gasteiger partial charge is 0.398 e. The van der Waals surface area contributed by atoms with Crippen LogP contribution in [-0.4, -0.2) is 31.6 Å². The third-order valence-electron chi connectivity index (χ3n) is 0.958. The van der Waals surface area contributed by atoms with Gasteiger partial charge in [0.15, 0.2) is 5.78 Å². The zero-order chi connectivity index (χ0) is 8.85. The molecule has 5 nitrogen and oxygen atoms in total. The molecule has 0 bridgehead atoms. The quantitative estimate of drug-likeness (QED) is 0.336. The number of carbonyl (C=O) groups is 2. The lowest BCUT2D eigenvalue weighted by Gasteiger charge is -1.97. The highest BCUT2D eigenvalue weighted by Gasteiger charge is 2.14. The maximum atomic E-state index is 10.8. The standard InChI is InChI=1S/C6H10N2O3/c1-4(9)5(8-11-3)6(10)7-2/h1-3H3,(H,7,10). The fraction of sp³-hybridized carbons (Fsp3) is 0.500. The lowest BCUT2D eigenvalue weighted by Crippen LogP contribution is -2.32. The summed E-state index contributed by atoms with van der Waals surface area (Å²) in [5.74, 6) is -0.967. The number of carbonyl (C=O) groups excluding carboxylic acids is 2. The van der Waals surface area contributed by atoms with Gasteiger partial charge in [0.2, 0.25) is 5.71 Å². The number of amides is 1. The molecule has 11 heavy (non-hydrogen) atoms. The molecule has 5 heteroatoms. The van der Waals surface area contributed by atoms with E-state index in [-0.39, 0.29) is 5.71 Å². The van der Waals surface area contributed by atoms with Crippen molar-refractivity contribution in [3.05, 3.63) is 0 Å². The molecule has 0 aliphatic carbocycles. The smallest absolute Gasteiger partial charge is 0.276 e. The normalized spacial score (nSPS) is 10.6. The van der Waals surface area contributed by atoms with Gasteiger partial charge in [-0.2, -0.15) is 0 Å². The lowest BCUT2D eigenvalue weighted by molar-refractivity contribution is -0.117. The minimum absolute atomic E-state index is 0.227. The van der Waals surface area contributed by atoms with Crippen molar-refractivity contribution in [3.63, 3.8) is 0 Å². The van der Waals surface area contributed by atoms with E-state index >= 15 is 0 Å². The average molecular weight is 158 g/mol. The van der Waals surface area contributed by atoms with Crippen molar-refractivity contribution < 1.29 is 14.4 Å². The van der Waals surface area contributed by atoms with Crippen molar-refractivity contribution in [1.29, 1.82) is 0 Å². The van der Waals surface area contributed by atoms with Crippen molar-refractivity contribution >= 4 is 17.4 Å². The van der Waals surface area contributed by atoms with Gasteiger partial charge < -0.3 is 10.2 Å². The Balaban J connectivity index is 4.48. The summed E-state index contributed by atoms with van der Waals surface area (Å²) in [4.78, 5) is 25.8. The Morgan fingerprint density at radius 2 is 2.00 bits per heavy atom. The molecule has 0 unspecified atom stereocenters. The molecule has 0 saturated heterocycles. The van der Waals surface area contributed by atoms with Gasteiger partial charge >= 0.3 is 0 Å². The maximum Gasteiger partial charge on any atom is 0.276 e. The molecule has 62 valence electrons. The van der Waals surface area contributed by atoms with Gasteiger partial charge in [0.25, 0.3) is 5.91 Å². The molecule has 0 rings (SSSR count). The Morgan fingerprint density at radius 3 is 2.27 bits per heavy atom. The van der Waals surface area contributed by atoms with Crippen molar-refractivity contribution in [2.24, 2.45) is 5.16 Å². The van der Waals surface area contributed by atoms with Gasteiger partial charge in [-0.3, -0.25) is 9.59 Å². The SMILES string of the molecule is CNC(=O)C(=NOC)C(C)=O. The fourth-order valence-electron chi connectivity index (χ4n) is 0.475. The number of rotatable bonds is 3. The van der Waals surface area contributed by atoms with Gasteiger partial charge in [-0.05, 0) is 0 Å². The van der Waals surface area contributed by atoms with Gasteiger partial charge in [0.05, 0.1) is 0 Å². The van der Waals surface area contributed by atoms with Crippen LogP contribution in [0.4, 0.5) is 0 Å². The highest BCUT2D eigenvalue weighted by atomic mass is 16.6. The van der Waals surface area contributed by atoms with E-state index in [1.165, 1.54) is 21.1 Å². The summed E-state index contributed by atoms with van der Waals surface area (Å²) in [6, 6.07) is 0. The Labute approximate surface area is 64.4 Å². The zero-order valence-electron chi connectivity index (χ0n) is 6.67. The Kier molecular flexibility index (Phi) is 3.87. The molecule has 0 fully saturated rings. The van der Waals surface area contributed by atoms with Crippen LogP contribution in [0.15, 0.2) is 5.16 Å². The van der Waals surface area contributed by atoms with Gasteiger partial charge in [0.1, 0.15) is 7.11 Å². The molecule has 0 heterocycles. The minimum atomic E-state index is -0.542. The monoisotopic (exact) mass is 158 g/mol. The van der Waals surface area contributed by atoms with Gasteiger partial charge in [-0.15, -0.1) is 0 Å². The summed E-state index contributed by atoms with van der Waals surface area (Å²) in [5.41, 5.74) is -0.227. The zero-order valence-corrected chi connectivity index (χ0v) is 6.67. The van der Waals surface area contributed by atoms with E-state index in [1.807, 2.05) is 0 Å². The molecule has 0 aromatic rings. The van der Waals surface area contributed by atoms with E-state index in [1.54, 1.807) is 0 Å². The first-order valence-electron chi connectivity index (χ1n) is 2.97. The maximum absolute atomic E-state index is 10.8. The van der Waals surface area contributed by atoms with Crippen LogP contribution < -0.4 is 5.32 Å². The second-order valence-corrected chi connectivity index (χ2v) is 1.76. The van der Waals surface area contributed by atoms with Crippen molar-refractivity contribution in [1.82, 2.24) is 5.32 Å². The summed E-state index contributed by atoms with van der Waals surface area (Å²) < 4.78 is 0. The van der Waals surface area contributed by atoms with Gasteiger partial charge in [0, 0.05) is 14.0 Å². The van der Waals surface area contributed by atoms with E-state index in [9.17, 15) is 9.59 Å². The molecule has 0 radical (unpaired) electrons. The number of oxime groups is 1. The minimum Gasteiger partial charge on any atom is -0.398 e. The molecule has 0 spiro atoms. The van der Waals surface area contributed by atoms with Crippen molar-refractivity contribution in [2.45, 2.75) is 6.92 Å². The first-order chi connectivity index (χ1) is 5.13. The molecule has 0 aromatic heterocycles. The summed E-state index contributed by atoms with van der Waals surface area (Å²) in [6.07, 6.45) is 0. The van der Waals surface area contributed by atoms with Crippen LogP contribution in [0.3, 0.4) is 0 Å². The molecule has 1 N–H and O–H groups in total. The Morgan fingerprint density at radius 1 is 1.45 bits per heavy atom. The van der Waals surface area contributed by atoms with Crippen LogP contribution >= 0.6 is 0 Å². The van der Waals surface area contributed by atoms with E-state index < -0.39 is 11.7 Å². The molecular formula is C6H10N2O3. The molecule has 0 aliphatic heterocycles. The van der Waals surface area contributed by atoms with Crippen LogP contribution in [0, 0.1) is 0 Å². The summed E-state index contributed by atoms with van der Waals surface area (Å²) in [5, 5.41) is 5.51. The molecule has 0 atom stereocenters. The highest BCUT2D eigenvalue weighted by molar-refractivity contribution is 6.65. The molecule has 0 aromatic carbocycles. The number of hydrogen-bond donors (Lipinski definition) is 1. The molecule has 0 saturated carbocycles. The van der Waals surface area contributed by atoms with E-state index in [2.05, 4.69) is 15.3 Å². The van der Waals surface area contributed by atoms with E-state index in [0.717, 1.165) is 0 Å². The van der Waals surface area contributed by atoms with Crippen molar-refractivity contribution in [3.8, 4) is 0 Å². The van der Waals surface area contributed by atoms with Crippen LogP contribution in [0.1, 0.15) is 6.92 Å². The molecule has 0 aliphatic rings. The van der Waals surface area contributed by atoms with Crippen LogP contribution in [-0.2, 0) is 14.4 Å². The number of nitrogens with zero attached hydrogens (tertiary/aromatic N) is 1. The van der Waals surface area contributed by atoms with Gasteiger partial charge in [-0.25, -0.2) is 0 Å². The molecular weight excluding hydrogens is 148 g/mol. The second-order valence-electron chi connectivity index (χ2n) is 1.76. The fourth-order valence-corrected chi connectivity index (χ4v) is 0.475. The Hall–Kier alpha value is -1.39.